The maximum Gasteiger partial charge on any atom is 0.301 e. The second-order valence-electron chi connectivity index (χ2n) is 9.26. The Kier molecular flexibility index (Phi) is 7.30. The minimum Gasteiger partial charge on any atom is -0.507 e. The number of aliphatic hydroxyl groups excluding tert-OH is 1. The van der Waals surface area contributed by atoms with Gasteiger partial charge in [0, 0.05) is 17.1 Å². The Balaban J connectivity index is 1.44. The number of rotatable bonds is 8. The van der Waals surface area contributed by atoms with E-state index in [0.717, 1.165) is 5.56 Å². The SMILES string of the molecule is CCOc1cc([C@H]2C(=C(O)c3ccc4c(c3)OCCO4)C(=O)C(=O)N2c2nccs2)ccc1OCc1ccccc1. The number of amides is 1. The lowest BCUT2D eigenvalue weighted by molar-refractivity contribution is -0.132. The highest BCUT2D eigenvalue weighted by Crippen LogP contribution is 2.45. The van der Waals surface area contributed by atoms with Gasteiger partial charge >= 0.3 is 5.91 Å². The fourth-order valence-corrected chi connectivity index (χ4v) is 5.51. The summed E-state index contributed by atoms with van der Waals surface area (Å²) >= 11 is 1.22. The van der Waals surface area contributed by atoms with Gasteiger partial charge in [-0.3, -0.25) is 14.5 Å². The number of Topliss-reactive ketones (excluding diaryl/α,β-unsaturated/α-hetero) is 1. The fraction of sp³-hybridized carbons (Fsp3) is 0.194. The number of hydrogen-bond donors (Lipinski definition) is 1. The molecule has 1 atom stereocenters. The zero-order valence-corrected chi connectivity index (χ0v) is 22.9. The molecule has 4 aromatic rings. The van der Waals surface area contributed by atoms with E-state index in [1.165, 1.54) is 16.2 Å². The first-order valence-electron chi connectivity index (χ1n) is 13.1. The van der Waals surface area contributed by atoms with Gasteiger partial charge in [-0.2, -0.15) is 0 Å². The Labute approximate surface area is 240 Å². The van der Waals surface area contributed by atoms with E-state index >= 15 is 0 Å². The van der Waals surface area contributed by atoms with Crippen LogP contribution in [0.2, 0.25) is 0 Å². The second-order valence-corrected chi connectivity index (χ2v) is 10.1. The van der Waals surface area contributed by atoms with Gasteiger partial charge in [-0.15, -0.1) is 11.3 Å². The first-order chi connectivity index (χ1) is 20.0. The van der Waals surface area contributed by atoms with Crippen LogP contribution in [0.25, 0.3) is 5.76 Å². The number of anilines is 1. The van der Waals surface area contributed by atoms with Crippen molar-refractivity contribution in [3.8, 4) is 23.0 Å². The Morgan fingerprint density at radius 1 is 1.00 bits per heavy atom. The highest BCUT2D eigenvalue weighted by Gasteiger charge is 2.48. The lowest BCUT2D eigenvalue weighted by Gasteiger charge is -2.24. The molecule has 0 aliphatic carbocycles. The molecule has 9 nitrogen and oxygen atoms in total. The summed E-state index contributed by atoms with van der Waals surface area (Å²) in [5.41, 5.74) is 1.80. The van der Waals surface area contributed by atoms with Crippen molar-refractivity contribution < 1.29 is 33.6 Å². The molecule has 208 valence electrons. The van der Waals surface area contributed by atoms with E-state index in [0.29, 0.717) is 65.7 Å². The van der Waals surface area contributed by atoms with Crippen molar-refractivity contribution in [2.24, 2.45) is 0 Å². The summed E-state index contributed by atoms with van der Waals surface area (Å²) in [5, 5.41) is 13.6. The Morgan fingerprint density at radius 2 is 1.80 bits per heavy atom. The van der Waals surface area contributed by atoms with E-state index in [-0.39, 0.29) is 11.3 Å². The summed E-state index contributed by atoms with van der Waals surface area (Å²) in [4.78, 5) is 32.5. The molecule has 2 aliphatic heterocycles. The number of ketones is 1. The van der Waals surface area contributed by atoms with Gasteiger partial charge in [0.1, 0.15) is 25.6 Å². The molecule has 2 aliphatic rings. The molecule has 1 saturated heterocycles. The van der Waals surface area contributed by atoms with Gasteiger partial charge in [-0.25, -0.2) is 4.98 Å². The van der Waals surface area contributed by atoms with Crippen LogP contribution >= 0.6 is 11.3 Å². The number of aromatic nitrogens is 1. The molecule has 0 radical (unpaired) electrons. The minimum absolute atomic E-state index is 0.0673. The summed E-state index contributed by atoms with van der Waals surface area (Å²) in [6.07, 6.45) is 1.56. The van der Waals surface area contributed by atoms with Crippen LogP contribution in [0.4, 0.5) is 5.13 Å². The molecule has 1 amide bonds. The van der Waals surface area contributed by atoms with Crippen LogP contribution in [0.3, 0.4) is 0 Å². The molecular weight excluding hydrogens is 544 g/mol. The summed E-state index contributed by atoms with van der Waals surface area (Å²) in [7, 11) is 0. The second kappa shape index (κ2) is 11.3. The number of thiazole rings is 1. The highest BCUT2D eigenvalue weighted by atomic mass is 32.1. The standard InChI is InChI=1S/C31H26N2O7S/c1-2-37-24-16-20(8-10-23(24)40-18-19-6-4-3-5-7-19)27-26(29(35)30(36)33(27)31-32-12-15-41-31)28(34)21-9-11-22-25(17-21)39-14-13-38-22/h3-12,15-17,27,34H,2,13-14,18H2,1H3/t27-/m0/s1. The minimum atomic E-state index is -0.961. The molecule has 1 aromatic heterocycles. The molecular formula is C31H26N2O7S. The quantitative estimate of drug-likeness (QED) is 0.168. The molecule has 1 N–H and O–H groups in total. The number of hydrogen-bond acceptors (Lipinski definition) is 9. The molecule has 10 heteroatoms. The van der Waals surface area contributed by atoms with Crippen LogP contribution in [-0.4, -0.2) is 41.6 Å². The van der Waals surface area contributed by atoms with E-state index in [1.54, 1.807) is 48.0 Å². The summed E-state index contributed by atoms with van der Waals surface area (Å²) in [6.45, 7) is 3.35. The van der Waals surface area contributed by atoms with Crippen LogP contribution in [-0.2, 0) is 16.2 Å². The maximum atomic E-state index is 13.5. The van der Waals surface area contributed by atoms with Gasteiger partial charge in [0.25, 0.3) is 5.78 Å². The predicted molar refractivity (Wildman–Crippen MR) is 153 cm³/mol. The lowest BCUT2D eigenvalue weighted by atomic mass is 9.95. The lowest BCUT2D eigenvalue weighted by Crippen LogP contribution is -2.29. The fourth-order valence-electron chi connectivity index (χ4n) is 4.84. The monoisotopic (exact) mass is 570 g/mol. The average Bonchev–Trinajstić information content (AvgIpc) is 3.63. The molecule has 0 unspecified atom stereocenters. The summed E-state index contributed by atoms with van der Waals surface area (Å²) in [6, 6.07) is 18.9. The van der Waals surface area contributed by atoms with Gasteiger partial charge in [0.2, 0.25) is 0 Å². The number of ether oxygens (including phenoxy) is 4. The Morgan fingerprint density at radius 3 is 2.56 bits per heavy atom. The van der Waals surface area contributed by atoms with Crippen molar-refractivity contribution in [2.75, 3.05) is 24.7 Å². The van der Waals surface area contributed by atoms with Crippen molar-refractivity contribution in [1.29, 1.82) is 0 Å². The van der Waals surface area contributed by atoms with Crippen LogP contribution in [0, 0.1) is 0 Å². The van der Waals surface area contributed by atoms with E-state index in [4.69, 9.17) is 18.9 Å². The number of aliphatic hydroxyl groups is 1. The van der Waals surface area contributed by atoms with E-state index in [1.807, 2.05) is 37.3 Å². The molecule has 0 spiro atoms. The first-order valence-corrected chi connectivity index (χ1v) is 14.0. The summed E-state index contributed by atoms with van der Waals surface area (Å²) in [5.74, 6) is 0.0187. The maximum absolute atomic E-state index is 13.5. The van der Waals surface area contributed by atoms with Gasteiger partial charge < -0.3 is 24.1 Å². The van der Waals surface area contributed by atoms with Crippen molar-refractivity contribution in [1.82, 2.24) is 4.98 Å². The molecule has 3 aromatic carbocycles. The number of nitrogens with zero attached hydrogens (tertiary/aromatic N) is 2. The summed E-state index contributed by atoms with van der Waals surface area (Å²) < 4.78 is 23.2. The molecule has 41 heavy (non-hydrogen) atoms. The number of carbonyl (C=O) groups is 2. The molecule has 1 fully saturated rings. The molecule has 3 heterocycles. The third-order valence-electron chi connectivity index (χ3n) is 6.71. The van der Waals surface area contributed by atoms with Gasteiger partial charge in [0.15, 0.2) is 28.1 Å². The van der Waals surface area contributed by atoms with E-state index < -0.39 is 17.7 Å². The van der Waals surface area contributed by atoms with E-state index in [2.05, 4.69) is 4.98 Å². The first kappa shape index (κ1) is 26.4. The number of fused-ring (bicyclic) bond motifs is 1. The largest absolute Gasteiger partial charge is 0.507 e. The third kappa shape index (κ3) is 5.09. The van der Waals surface area contributed by atoms with Crippen LogP contribution in [0.5, 0.6) is 23.0 Å². The van der Waals surface area contributed by atoms with E-state index in [9.17, 15) is 14.7 Å². The Hall–Kier alpha value is -4.83. The molecule has 6 rings (SSSR count). The predicted octanol–water partition coefficient (Wildman–Crippen LogP) is 5.52. The normalized spacial score (nSPS) is 17.5. The zero-order valence-electron chi connectivity index (χ0n) is 22.1. The van der Waals surface area contributed by atoms with Crippen LogP contribution in [0.15, 0.2) is 83.9 Å². The zero-order chi connectivity index (χ0) is 28.3. The topological polar surface area (TPSA) is 107 Å². The van der Waals surface area contributed by atoms with Crippen molar-refractivity contribution in [3.05, 3.63) is 101 Å². The van der Waals surface area contributed by atoms with Crippen LogP contribution < -0.4 is 23.8 Å². The van der Waals surface area contributed by atoms with Gasteiger partial charge in [0.05, 0.1) is 18.2 Å². The van der Waals surface area contributed by atoms with Crippen molar-refractivity contribution in [3.63, 3.8) is 0 Å². The van der Waals surface area contributed by atoms with Crippen LogP contribution in [0.1, 0.15) is 29.7 Å². The van der Waals surface area contributed by atoms with Crippen molar-refractivity contribution >= 4 is 33.9 Å². The third-order valence-corrected chi connectivity index (χ3v) is 7.48. The smallest absolute Gasteiger partial charge is 0.301 e. The molecule has 0 bridgehead atoms. The molecule has 0 saturated carbocycles. The highest BCUT2D eigenvalue weighted by molar-refractivity contribution is 7.14. The number of carbonyl (C=O) groups excluding carboxylic acids is 2. The van der Waals surface area contributed by atoms with Crippen molar-refractivity contribution in [2.45, 2.75) is 19.6 Å². The number of benzene rings is 3. The van der Waals surface area contributed by atoms with Gasteiger partial charge in [-0.05, 0) is 48.4 Å². The van der Waals surface area contributed by atoms with Gasteiger partial charge in [-0.1, -0.05) is 36.4 Å². The Bertz CT molecular complexity index is 1620. The average molecular weight is 571 g/mol.